The van der Waals surface area contributed by atoms with Gasteiger partial charge in [-0.1, -0.05) is 6.42 Å². The lowest BCUT2D eigenvalue weighted by Crippen LogP contribution is -2.41. The highest BCUT2D eigenvalue weighted by Crippen LogP contribution is 2.44. The largest absolute Gasteiger partial charge is 0.481 e. The van der Waals surface area contributed by atoms with Crippen molar-refractivity contribution in [3.8, 4) is 0 Å². The van der Waals surface area contributed by atoms with Crippen LogP contribution in [0.5, 0.6) is 0 Å². The molecule has 0 aliphatic heterocycles. The molecule has 0 heterocycles. The predicted molar refractivity (Wildman–Crippen MR) is 63.6 cm³/mol. The van der Waals surface area contributed by atoms with E-state index in [0.29, 0.717) is 18.5 Å². The van der Waals surface area contributed by atoms with E-state index in [1.54, 1.807) is 0 Å². The Labute approximate surface area is 104 Å². The monoisotopic (exact) mass is 251 g/mol. The summed E-state index contributed by atoms with van der Waals surface area (Å²) in [5, 5.41) is 11.7. The highest BCUT2D eigenvalue weighted by molar-refractivity contribution is 5.94. The van der Waals surface area contributed by atoms with Crippen molar-refractivity contribution in [1.29, 1.82) is 0 Å². The molecule has 2 N–H and O–H groups in total. The van der Waals surface area contributed by atoms with Crippen molar-refractivity contribution in [3.63, 3.8) is 0 Å². The van der Waals surface area contributed by atoms with E-state index in [4.69, 9.17) is 5.11 Å². The molecule has 0 spiro atoms. The third-order valence-electron chi connectivity index (χ3n) is 3.39. The van der Waals surface area contributed by atoms with Gasteiger partial charge in [-0.3, -0.25) is 9.59 Å². The summed E-state index contributed by atoms with van der Waals surface area (Å²) >= 11 is 0. The zero-order chi connectivity index (χ0) is 13.2. The lowest BCUT2D eigenvalue weighted by Gasteiger charge is -2.36. The number of aliphatic carboxylic acids is 1. The SMILES string of the molecule is O=C(CC1(C(=O)O)CCC1)Nc1ccc(F)cc1. The van der Waals surface area contributed by atoms with Crippen molar-refractivity contribution in [2.24, 2.45) is 5.41 Å². The van der Waals surface area contributed by atoms with Gasteiger partial charge in [-0.2, -0.15) is 0 Å². The lowest BCUT2D eigenvalue weighted by atomic mass is 9.66. The lowest BCUT2D eigenvalue weighted by molar-refractivity contribution is -0.157. The number of amides is 1. The van der Waals surface area contributed by atoms with Gasteiger partial charge in [0.2, 0.25) is 5.91 Å². The quantitative estimate of drug-likeness (QED) is 0.863. The van der Waals surface area contributed by atoms with E-state index in [9.17, 15) is 14.0 Å². The van der Waals surface area contributed by atoms with Crippen LogP contribution in [0.2, 0.25) is 0 Å². The number of anilines is 1. The molecule has 1 amide bonds. The minimum Gasteiger partial charge on any atom is -0.481 e. The van der Waals surface area contributed by atoms with Crippen LogP contribution in [0.25, 0.3) is 0 Å². The van der Waals surface area contributed by atoms with E-state index in [2.05, 4.69) is 5.32 Å². The number of benzene rings is 1. The maximum Gasteiger partial charge on any atom is 0.310 e. The summed E-state index contributed by atoms with van der Waals surface area (Å²) in [6.45, 7) is 0. The third kappa shape index (κ3) is 2.50. The molecule has 0 atom stereocenters. The number of carbonyl (C=O) groups is 2. The number of hydrogen-bond acceptors (Lipinski definition) is 2. The first kappa shape index (κ1) is 12.5. The van der Waals surface area contributed by atoms with Crippen molar-refractivity contribution in [1.82, 2.24) is 0 Å². The Balaban J connectivity index is 1.96. The van der Waals surface area contributed by atoms with Crippen LogP contribution < -0.4 is 5.32 Å². The van der Waals surface area contributed by atoms with Gasteiger partial charge < -0.3 is 10.4 Å². The van der Waals surface area contributed by atoms with E-state index in [-0.39, 0.29) is 18.1 Å². The Morgan fingerprint density at radius 3 is 2.33 bits per heavy atom. The zero-order valence-corrected chi connectivity index (χ0v) is 9.78. The van der Waals surface area contributed by atoms with Crippen molar-refractivity contribution in [2.75, 3.05) is 5.32 Å². The molecule has 1 aromatic rings. The molecule has 1 fully saturated rings. The number of carboxylic acids is 1. The summed E-state index contributed by atoms with van der Waals surface area (Å²) in [4.78, 5) is 22.8. The summed E-state index contributed by atoms with van der Waals surface area (Å²) in [7, 11) is 0. The molecule has 2 rings (SSSR count). The summed E-state index contributed by atoms with van der Waals surface area (Å²) in [6, 6.07) is 5.38. The summed E-state index contributed by atoms with van der Waals surface area (Å²) < 4.78 is 12.7. The maximum absolute atomic E-state index is 12.7. The predicted octanol–water partition coefficient (Wildman–Crippen LogP) is 2.41. The maximum atomic E-state index is 12.7. The fraction of sp³-hybridized carbons (Fsp3) is 0.385. The van der Waals surface area contributed by atoms with Gasteiger partial charge >= 0.3 is 5.97 Å². The molecule has 0 radical (unpaired) electrons. The van der Waals surface area contributed by atoms with Crippen LogP contribution in [0.4, 0.5) is 10.1 Å². The number of nitrogens with one attached hydrogen (secondary N) is 1. The van der Waals surface area contributed by atoms with Gasteiger partial charge in [0.1, 0.15) is 5.82 Å². The summed E-state index contributed by atoms with van der Waals surface area (Å²) in [5.74, 6) is -1.64. The minimum absolute atomic E-state index is 0.0281. The molecular formula is C13H14FNO3. The average Bonchev–Trinajstić information content (AvgIpc) is 2.26. The first-order valence-corrected chi connectivity index (χ1v) is 5.81. The van der Waals surface area contributed by atoms with E-state index in [1.807, 2.05) is 0 Å². The van der Waals surface area contributed by atoms with Gasteiger partial charge in [0, 0.05) is 12.1 Å². The van der Waals surface area contributed by atoms with Gasteiger partial charge in [-0.15, -0.1) is 0 Å². The molecule has 0 aromatic heterocycles. The molecule has 0 saturated heterocycles. The second-order valence-corrected chi connectivity index (χ2v) is 4.67. The Morgan fingerprint density at radius 2 is 1.89 bits per heavy atom. The van der Waals surface area contributed by atoms with Crippen LogP contribution in [0.3, 0.4) is 0 Å². The topological polar surface area (TPSA) is 66.4 Å². The second kappa shape index (κ2) is 4.76. The van der Waals surface area contributed by atoms with Crippen molar-refractivity contribution >= 4 is 17.6 Å². The Kier molecular flexibility index (Phi) is 3.32. The van der Waals surface area contributed by atoms with E-state index >= 15 is 0 Å². The van der Waals surface area contributed by atoms with Gasteiger partial charge in [0.25, 0.3) is 0 Å². The summed E-state index contributed by atoms with van der Waals surface area (Å²) in [6.07, 6.45) is 1.90. The molecule has 96 valence electrons. The third-order valence-corrected chi connectivity index (χ3v) is 3.39. The average molecular weight is 251 g/mol. The molecule has 18 heavy (non-hydrogen) atoms. The van der Waals surface area contributed by atoms with Crippen LogP contribution in [0.1, 0.15) is 25.7 Å². The van der Waals surface area contributed by atoms with Gasteiger partial charge in [-0.05, 0) is 37.1 Å². The number of carboxylic acid groups (broad SMARTS) is 1. The van der Waals surface area contributed by atoms with E-state index < -0.39 is 11.4 Å². The van der Waals surface area contributed by atoms with Crippen LogP contribution in [-0.4, -0.2) is 17.0 Å². The van der Waals surface area contributed by atoms with Crippen LogP contribution in [0.15, 0.2) is 24.3 Å². The standard InChI is InChI=1S/C13H14FNO3/c14-9-2-4-10(5-3-9)15-11(16)8-13(12(17)18)6-1-7-13/h2-5H,1,6-8H2,(H,15,16)(H,17,18). The highest BCUT2D eigenvalue weighted by atomic mass is 19.1. The van der Waals surface area contributed by atoms with Gasteiger partial charge in [-0.25, -0.2) is 4.39 Å². The number of carbonyl (C=O) groups excluding carboxylic acids is 1. The Bertz CT molecular complexity index is 466. The van der Waals surface area contributed by atoms with Crippen LogP contribution in [-0.2, 0) is 9.59 Å². The number of rotatable bonds is 4. The molecule has 0 unspecified atom stereocenters. The molecule has 1 aromatic carbocycles. The van der Waals surface area contributed by atoms with Crippen molar-refractivity contribution in [2.45, 2.75) is 25.7 Å². The number of halogens is 1. The molecule has 1 aliphatic carbocycles. The zero-order valence-electron chi connectivity index (χ0n) is 9.78. The highest BCUT2D eigenvalue weighted by Gasteiger charge is 2.45. The minimum atomic E-state index is -0.914. The Morgan fingerprint density at radius 1 is 1.28 bits per heavy atom. The van der Waals surface area contributed by atoms with Crippen LogP contribution in [0, 0.1) is 11.2 Å². The molecule has 4 nitrogen and oxygen atoms in total. The molecule has 5 heteroatoms. The molecular weight excluding hydrogens is 237 g/mol. The molecule has 1 saturated carbocycles. The fourth-order valence-electron chi connectivity index (χ4n) is 2.12. The number of hydrogen-bond donors (Lipinski definition) is 2. The fourth-order valence-corrected chi connectivity index (χ4v) is 2.12. The Hall–Kier alpha value is -1.91. The van der Waals surface area contributed by atoms with Crippen molar-refractivity contribution < 1.29 is 19.1 Å². The van der Waals surface area contributed by atoms with Gasteiger partial charge in [0.05, 0.1) is 5.41 Å². The smallest absolute Gasteiger partial charge is 0.310 e. The first-order chi connectivity index (χ1) is 8.52. The van der Waals surface area contributed by atoms with Crippen LogP contribution >= 0.6 is 0 Å². The molecule has 1 aliphatic rings. The first-order valence-electron chi connectivity index (χ1n) is 5.81. The normalized spacial score (nSPS) is 16.7. The second-order valence-electron chi connectivity index (χ2n) is 4.67. The molecule has 0 bridgehead atoms. The van der Waals surface area contributed by atoms with E-state index in [0.717, 1.165) is 6.42 Å². The van der Waals surface area contributed by atoms with E-state index in [1.165, 1.54) is 24.3 Å². The summed E-state index contributed by atoms with van der Waals surface area (Å²) in [5.41, 5.74) is -0.425. The van der Waals surface area contributed by atoms with Crippen molar-refractivity contribution in [3.05, 3.63) is 30.1 Å². The van der Waals surface area contributed by atoms with Gasteiger partial charge in [0.15, 0.2) is 0 Å².